The van der Waals surface area contributed by atoms with Crippen LogP contribution in [-0.2, 0) is 28.7 Å². The number of carbonyl (C=O) groups is 4. The van der Waals surface area contributed by atoms with E-state index in [1.807, 2.05) is 34.6 Å². The fourth-order valence-corrected chi connectivity index (χ4v) is 16.4. The van der Waals surface area contributed by atoms with Gasteiger partial charge in [0.2, 0.25) is 11.8 Å². The third-order valence-electron chi connectivity index (χ3n) is 20.6. The molecular weight excluding hydrogens is 761 g/mol. The molecule has 0 aromatic carbocycles. The molecule has 0 spiro atoms. The third-order valence-corrected chi connectivity index (χ3v) is 20.6. The van der Waals surface area contributed by atoms with Crippen LogP contribution in [0.5, 0.6) is 0 Å². The lowest BCUT2D eigenvalue weighted by Gasteiger charge is -2.71. The minimum Gasteiger partial charge on any atom is -0.460 e. The van der Waals surface area contributed by atoms with Crippen molar-refractivity contribution in [1.29, 1.82) is 0 Å². The van der Waals surface area contributed by atoms with Gasteiger partial charge in [0.05, 0.1) is 17.3 Å². The van der Waals surface area contributed by atoms with Gasteiger partial charge in [-0.1, -0.05) is 67.2 Å². The summed E-state index contributed by atoms with van der Waals surface area (Å²) in [6, 6.07) is 0.0197. The Balaban J connectivity index is 0.961. The normalized spacial score (nSPS) is 44.7. The second-order valence-electron chi connectivity index (χ2n) is 25.1. The average Bonchev–Trinajstić information content (AvgIpc) is 3.58. The lowest BCUT2D eigenvalue weighted by Crippen LogP contribution is -2.68. The Bertz CT molecular complexity index is 1840. The lowest BCUT2D eigenvalue weighted by molar-refractivity contribution is -0.222. The van der Waals surface area contributed by atoms with E-state index in [4.69, 9.17) is 16.1 Å². The molecule has 1 heterocycles. The molecule has 340 valence electrons. The summed E-state index contributed by atoms with van der Waals surface area (Å²) < 4.78 is 12.1. The Labute approximate surface area is 368 Å². The van der Waals surface area contributed by atoms with Crippen LogP contribution in [0.3, 0.4) is 0 Å². The number of hydrogen-bond donors (Lipinski definition) is 1. The van der Waals surface area contributed by atoms with E-state index in [2.05, 4.69) is 58.3 Å². The molecule has 7 saturated carbocycles. The van der Waals surface area contributed by atoms with Crippen LogP contribution in [0.25, 0.3) is 0 Å². The number of nitrogens with zero attached hydrogens (tertiary/aromatic N) is 1. The van der Waals surface area contributed by atoms with E-state index in [0.29, 0.717) is 36.0 Å². The first kappa shape index (κ1) is 44.9. The highest BCUT2D eigenvalue weighted by molar-refractivity contribution is 5.86. The van der Waals surface area contributed by atoms with Crippen molar-refractivity contribution >= 4 is 23.8 Å². The predicted octanol–water partition coefficient (Wildman–Crippen LogP) is 10.6. The van der Waals surface area contributed by atoms with E-state index >= 15 is 4.79 Å². The monoisotopic (exact) mass is 843 g/mol. The van der Waals surface area contributed by atoms with Crippen molar-refractivity contribution < 1.29 is 28.7 Å². The minimum absolute atomic E-state index is 0.0197. The number of amides is 2. The van der Waals surface area contributed by atoms with Gasteiger partial charge in [-0.15, -0.1) is 0 Å². The molecule has 0 aromatic heterocycles. The minimum atomic E-state index is -0.562. The van der Waals surface area contributed by atoms with E-state index in [-0.39, 0.29) is 75.3 Å². The molecule has 0 bridgehead atoms. The Morgan fingerprint density at radius 2 is 1.41 bits per heavy atom. The molecule has 2 amide bonds. The van der Waals surface area contributed by atoms with Crippen molar-refractivity contribution in [2.75, 3.05) is 13.1 Å². The molecular formula is C53H82N2O6. The van der Waals surface area contributed by atoms with Crippen LogP contribution in [0.15, 0.2) is 24.3 Å². The second-order valence-corrected chi connectivity index (χ2v) is 25.1. The van der Waals surface area contributed by atoms with Crippen molar-refractivity contribution in [3.63, 3.8) is 0 Å². The number of allylic oxidation sites excluding steroid dienone is 1. The van der Waals surface area contributed by atoms with Gasteiger partial charge >= 0.3 is 11.9 Å². The first-order chi connectivity index (χ1) is 28.3. The molecule has 7 aliphatic carbocycles. The maximum atomic E-state index is 15.1. The fourth-order valence-electron chi connectivity index (χ4n) is 16.4. The Morgan fingerprint density at radius 3 is 2.03 bits per heavy atom. The molecule has 8 rings (SSSR count). The van der Waals surface area contributed by atoms with Crippen molar-refractivity contribution in [2.45, 2.75) is 190 Å². The van der Waals surface area contributed by atoms with E-state index in [1.165, 1.54) is 12.0 Å². The van der Waals surface area contributed by atoms with Crippen molar-refractivity contribution in [3.8, 4) is 0 Å². The number of nitrogens with one attached hydrogen (secondary N) is 1. The van der Waals surface area contributed by atoms with Gasteiger partial charge in [-0.25, -0.2) is 0 Å². The molecule has 8 aliphatic rings. The summed E-state index contributed by atoms with van der Waals surface area (Å²) in [5.41, 5.74) is 0.851. The zero-order chi connectivity index (χ0) is 44.5. The van der Waals surface area contributed by atoms with Gasteiger partial charge in [-0.05, 0) is 186 Å². The van der Waals surface area contributed by atoms with Crippen molar-refractivity contribution in [2.24, 2.45) is 79.8 Å². The lowest BCUT2D eigenvalue weighted by atomic mass is 9.33. The molecule has 8 fully saturated rings. The van der Waals surface area contributed by atoms with Crippen LogP contribution in [0.1, 0.15) is 172 Å². The molecule has 1 aliphatic heterocycles. The summed E-state index contributed by atoms with van der Waals surface area (Å²) >= 11 is 0. The Hall–Kier alpha value is -2.64. The third kappa shape index (κ3) is 6.75. The molecule has 1 saturated heterocycles. The number of hydrogen-bond acceptors (Lipinski definition) is 6. The molecule has 1 N–H and O–H groups in total. The highest BCUT2D eigenvalue weighted by Gasteiger charge is 2.71. The summed E-state index contributed by atoms with van der Waals surface area (Å²) in [5, 5.41) is 3.65. The van der Waals surface area contributed by atoms with Crippen molar-refractivity contribution in [3.05, 3.63) is 24.3 Å². The highest BCUT2D eigenvalue weighted by atomic mass is 16.6. The van der Waals surface area contributed by atoms with Crippen LogP contribution in [0, 0.1) is 79.8 Å². The topological polar surface area (TPSA) is 102 Å². The number of carbonyl (C=O) groups excluding carboxylic acids is 4. The van der Waals surface area contributed by atoms with Gasteiger partial charge < -0.3 is 19.7 Å². The molecule has 8 nitrogen and oxygen atoms in total. The fraction of sp³-hybridized carbons (Fsp3) is 0.849. The second kappa shape index (κ2) is 15.0. The number of fused-ring (bicyclic) bond motifs is 7. The first-order valence-electron chi connectivity index (χ1n) is 24.7. The maximum absolute atomic E-state index is 15.1. The smallest absolute Gasteiger partial charge is 0.310 e. The van der Waals surface area contributed by atoms with E-state index in [1.54, 1.807) is 0 Å². The quantitative estimate of drug-likeness (QED) is 0.202. The molecule has 2 unspecified atom stereocenters. The van der Waals surface area contributed by atoms with Crippen molar-refractivity contribution in [1.82, 2.24) is 10.2 Å². The number of ether oxygens (including phenoxy) is 2. The van der Waals surface area contributed by atoms with Gasteiger partial charge in [0.15, 0.2) is 0 Å². The van der Waals surface area contributed by atoms with Crippen LogP contribution < -0.4 is 5.32 Å². The zero-order valence-corrected chi connectivity index (χ0v) is 40.1. The van der Waals surface area contributed by atoms with Crippen LogP contribution in [0.4, 0.5) is 0 Å². The Morgan fingerprint density at radius 1 is 0.738 bits per heavy atom. The summed E-state index contributed by atoms with van der Waals surface area (Å²) in [6.07, 6.45) is 14.5. The van der Waals surface area contributed by atoms with Gasteiger partial charge in [0.1, 0.15) is 11.7 Å². The van der Waals surface area contributed by atoms with E-state index in [0.717, 1.165) is 102 Å². The number of likely N-dealkylation sites (tertiary alicyclic amines) is 1. The number of piperidine rings is 1. The number of rotatable bonds is 7. The molecule has 8 heteroatoms. The summed E-state index contributed by atoms with van der Waals surface area (Å²) in [6.45, 7) is 35.1. The predicted molar refractivity (Wildman–Crippen MR) is 240 cm³/mol. The SMILES string of the molecule is C=C(C)[C@@H]1CC[C@]2(C(=O)NC3C[C@@H](C(=O)N4CCCCC4)C3(C)C)CC[C@]3(C)[C@H](CC[C@@H]4[C@@]5(C)CC[C@H](OC(=O)C6C[C@H](C(=O)OC(C)(C)C)C6(C)C)C(=C)[C@@H]5CC[C@]43C)[C@@H]12. The standard InChI is InChI=1S/C53H82N2O6/c1-31(2)33-19-24-53(46(59)54-41-30-36(49(41,9)10)43(56)55-27-15-14-16-28-55)26-25-51(12)35(42(33)53)17-18-40-50(11)22-21-39(32(3)34(50)20-23-52(40,51)13)60-44(57)37-29-38(48(37,7)8)45(58)61-47(4,5)6/h33-42H,1,3,14-30H2,2,4-13H3,(H,54,59)/t33-,34-,35+,36-,37?,38+,39-,40+,41?,42+,50-,51+,52+,53-/m0/s1. The van der Waals surface area contributed by atoms with Gasteiger partial charge in [-0.2, -0.15) is 0 Å². The van der Waals surface area contributed by atoms with Crippen LogP contribution in [-0.4, -0.2) is 59.5 Å². The molecule has 0 aromatic rings. The molecule has 0 radical (unpaired) electrons. The largest absolute Gasteiger partial charge is 0.460 e. The van der Waals surface area contributed by atoms with Gasteiger partial charge in [0.25, 0.3) is 0 Å². The first-order valence-corrected chi connectivity index (χ1v) is 24.7. The number of esters is 2. The van der Waals surface area contributed by atoms with Crippen LogP contribution >= 0.6 is 0 Å². The van der Waals surface area contributed by atoms with E-state index < -0.39 is 16.4 Å². The molecule has 61 heavy (non-hydrogen) atoms. The highest BCUT2D eigenvalue weighted by Crippen LogP contribution is 2.77. The average molecular weight is 843 g/mol. The Kier molecular flexibility index (Phi) is 11.0. The van der Waals surface area contributed by atoms with Crippen LogP contribution in [0.2, 0.25) is 0 Å². The summed E-state index contributed by atoms with van der Waals surface area (Å²) in [4.78, 5) is 57.6. The van der Waals surface area contributed by atoms with Gasteiger partial charge in [-0.3, -0.25) is 19.2 Å². The zero-order valence-electron chi connectivity index (χ0n) is 40.1. The maximum Gasteiger partial charge on any atom is 0.310 e. The molecule has 14 atom stereocenters. The summed E-state index contributed by atoms with van der Waals surface area (Å²) in [5.74, 6) is 1.32. The van der Waals surface area contributed by atoms with Gasteiger partial charge in [0, 0.05) is 25.0 Å². The van der Waals surface area contributed by atoms with E-state index in [9.17, 15) is 14.4 Å². The summed E-state index contributed by atoms with van der Waals surface area (Å²) in [7, 11) is 0.